The Morgan fingerprint density at radius 3 is 3.11 bits per heavy atom. The molecule has 2 N–H and O–H groups in total. The molecule has 142 valence electrons. The Balaban J connectivity index is 1.84. The number of ether oxygens (including phenoxy) is 2. The Morgan fingerprint density at radius 1 is 1.59 bits per heavy atom. The highest BCUT2D eigenvalue weighted by molar-refractivity contribution is 5.93. The van der Waals surface area contributed by atoms with E-state index in [4.69, 9.17) is 9.47 Å². The van der Waals surface area contributed by atoms with Gasteiger partial charge in [-0.2, -0.15) is 19.7 Å². The number of nitrogens with one attached hydrogen (secondary N) is 1. The summed E-state index contributed by atoms with van der Waals surface area (Å²) in [6, 6.07) is 4.79. The summed E-state index contributed by atoms with van der Waals surface area (Å²) in [5, 5.41) is 25.7. The monoisotopic (exact) mass is 375 g/mol. The van der Waals surface area contributed by atoms with E-state index in [1.807, 2.05) is 0 Å². The van der Waals surface area contributed by atoms with Crippen LogP contribution in [-0.2, 0) is 11.3 Å². The van der Waals surface area contributed by atoms with Gasteiger partial charge in [-0.1, -0.05) is 0 Å². The number of hydrogen-bond donors (Lipinski definition) is 2. The Labute approximate surface area is 154 Å². The molecule has 0 aromatic carbocycles. The van der Waals surface area contributed by atoms with E-state index in [1.165, 1.54) is 24.1 Å². The lowest BCUT2D eigenvalue weighted by Gasteiger charge is -2.26. The molecule has 2 atom stereocenters. The summed E-state index contributed by atoms with van der Waals surface area (Å²) in [4.78, 5) is 15.1. The van der Waals surface area contributed by atoms with Crippen LogP contribution < -0.4 is 10.1 Å². The second-order valence-corrected chi connectivity index (χ2v) is 6.12. The third-order valence-corrected chi connectivity index (χ3v) is 4.30. The third kappa shape index (κ3) is 4.32. The quantitative estimate of drug-likeness (QED) is 0.736. The molecule has 10 heteroatoms. The average Bonchev–Trinajstić information content (AvgIpc) is 3.04. The standard InChI is InChI=1S/C17H18FN5O4/c1-26-15-5-12(4-14(18)21-15)20-16-13(17(24)25)8-23(22-16)7-11-9-27-3-2-10(11)6-19/h4-5,8,10-11H,2-3,7,9H2,1H3,(H,24,25)(H,20,21,22)/t10-,11+/m1/s1. The highest BCUT2D eigenvalue weighted by atomic mass is 19.1. The molecule has 0 amide bonds. The molecule has 2 aromatic heterocycles. The maximum Gasteiger partial charge on any atom is 0.341 e. The molecule has 2 aromatic rings. The highest BCUT2D eigenvalue weighted by Crippen LogP contribution is 2.26. The molecule has 0 spiro atoms. The number of aromatic nitrogens is 3. The van der Waals surface area contributed by atoms with Crippen LogP contribution in [0, 0.1) is 29.1 Å². The number of rotatable bonds is 6. The minimum Gasteiger partial charge on any atom is -0.481 e. The Kier molecular flexibility index (Phi) is 5.52. The summed E-state index contributed by atoms with van der Waals surface area (Å²) in [5.74, 6) is -2.11. The van der Waals surface area contributed by atoms with Gasteiger partial charge >= 0.3 is 5.97 Å². The molecule has 0 aliphatic carbocycles. The van der Waals surface area contributed by atoms with Crippen molar-refractivity contribution in [1.29, 1.82) is 5.26 Å². The van der Waals surface area contributed by atoms with E-state index in [1.54, 1.807) is 0 Å². The van der Waals surface area contributed by atoms with Crippen LogP contribution in [0.25, 0.3) is 0 Å². The van der Waals surface area contributed by atoms with E-state index in [-0.39, 0.29) is 34.8 Å². The van der Waals surface area contributed by atoms with Crippen molar-refractivity contribution in [3.63, 3.8) is 0 Å². The van der Waals surface area contributed by atoms with Crippen molar-refractivity contribution in [3.8, 4) is 11.9 Å². The first kappa shape index (κ1) is 18.6. The van der Waals surface area contributed by atoms with Crippen molar-refractivity contribution in [1.82, 2.24) is 14.8 Å². The molecule has 1 saturated heterocycles. The third-order valence-electron chi connectivity index (χ3n) is 4.30. The summed E-state index contributed by atoms with van der Waals surface area (Å²) < 4.78 is 25.3. The van der Waals surface area contributed by atoms with Crippen molar-refractivity contribution in [2.45, 2.75) is 13.0 Å². The molecular formula is C17H18FN5O4. The van der Waals surface area contributed by atoms with Gasteiger partial charge in [0.15, 0.2) is 5.82 Å². The van der Waals surface area contributed by atoms with Crippen molar-refractivity contribution >= 4 is 17.5 Å². The first-order chi connectivity index (χ1) is 13.0. The van der Waals surface area contributed by atoms with Crippen LogP contribution in [0.15, 0.2) is 18.3 Å². The van der Waals surface area contributed by atoms with E-state index in [0.717, 1.165) is 6.07 Å². The van der Waals surface area contributed by atoms with Crippen molar-refractivity contribution in [2.75, 3.05) is 25.6 Å². The first-order valence-corrected chi connectivity index (χ1v) is 8.27. The molecular weight excluding hydrogens is 357 g/mol. The van der Waals surface area contributed by atoms with Crippen LogP contribution in [0.2, 0.25) is 0 Å². The SMILES string of the molecule is COc1cc(Nc2nn(C[C@H]3COCC[C@@H]3C#N)cc2C(=O)O)cc(F)n1. The number of nitriles is 1. The number of methoxy groups -OCH3 is 1. The number of carboxylic acid groups (broad SMARTS) is 1. The Morgan fingerprint density at radius 2 is 2.41 bits per heavy atom. The van der Waals surface area contributed by atoms with Gasteiger partial charge in [0, 0.05) is 43.1 Å². The zero-order valence-corrected chi connectivity index (χ0v) is 14.6. The zero-order chi connectivity index (χ0) is 19.4. The maximum atomic E-state index is 13.6. The molecule has 1 aliphatic heterocycles. The lowest BCUT2D eigenvalue weighted by Crippen LogP contribution is -2.30. The minimum atomic E-state index is -1.18. The topological polar surface area (TPSA) is 122 Å². The fourth-order valence-electron chi connectivity index (χ4n) is 2.94. The van der Waals surface area contributed by atoms with Crippen LogP contribution in [-0.4, -0.2) is 46.2 Å². The Bertz CT molecular complexity index is 879. The van der Waals surface area contributed by atoms with Crippen molar-refractivity contribution in [3.05, 3.63) is 29.8 Å². The first-order valence-electron chi connectivity index (χ1n) is 8.27. The number of carbonyl (C=O) groups is 1. The minimum absolute atomic E-state index is 0.0463. The zero-order valence-electron chi connectivity index (χ0n) is 14.6. The largest absolute Gasteiger partial charge is 0.481 e. The molecule has 0 unspecified atom stereocenters. The van der Waals surface area contributed by atoms with Gasteiger partial charge in [0.1, 0.15) is 5.56 Å². The molecule has 3 heterocycles. The molecule has 3 rings (SSSR count). The summed E-state index contributed by atoms with van der Waals surface area (Å²) in [6.45, 7) is 1.29. The van der Waals surface area contributed by atoms with Crippen molar-refractivity contribution in [2.24, 2.45) is 11.8 Å². The summed E-state index contributed by atoms with van der Waals surface area (Å²) in [7, 11) is 1.35. The van der Waals surface area contributed by atoms with E-state index in [0.29, 0.717) is 26.2 Å². The van der Waals surface area contributed by atoms with Gasteiger partial charge in [0.25, 0.3) is 0 Å². The lowest BCUT2D eigenvalue weighted by atomic mass is 9.90. The van der Waals surface area contributed by atoms with E-state index in [9.17, 15) is 19.6 Å². The number of aromatic carboxylic acids is 1. The maximum absolute atomic E-state index is 13.6. The van der Waals surface area contributed by atoms with Gasteiger partial charge in [0.05, 0.1) is 25.7 Å². The van der Waals surface area contributed by atoms with Gasteiger partial charge in [-0.05, 0) is 6.42 Å². The predicted octanol–water partition coefficient (Wildman–Crippen LogP) is 2.04. The van der Waals surface area contributed by atoms with Crippen LogP contribution in [0.4, 0.5) is 15.9 Å². The van der Waals surface area contributed by atoms with Crippen molar-refractivity contribution < 1.29 is 23.8 Å². The summed E-state index contributed by atoms with van der Waals surface area (Å²) in [5.41, 5.74) is 0.180. The second-order valence-electron chi connectivity index (χ2n) is 6.12. The van der Waals surface area contributed by atoms with Gasteiger partial charge in [-0.25, -0.2) is 4.79 Å². The van der Waals surface area contributed by atoms with Gasteiger partial charge < -0.3 is 19.9 Å². The smallest absolute Gasteiger partial charge is 0.341 e. The summed E-state index contributed by atoms with van der Waals surface area (Å²) >= 11 is 0. The van der Waals surface area contributed by atoms with Gasteiger partial charge in [-0.15, -0.1) is 0 Å². The number of nitrogens with zero attached hydrogens (tertiary/aromatic N) is 4. The van der Waals surface area contributed by atoms with Gasteiger partial charge in [-0.3, -0.25) is 4.68 Å². The number of anilines is 2. The van der Waals surface area contributed by atoms with Crippen LogP contribution in [0.3, 0.4) is 0 Å². The molecule has 1 fully saturated rings. The average molecular weight is 375 g/mol. The number of hydrogen-bond acceptors (Lipinski definition) is 7. The van der Waals surface area contributed by atoms with Crippen LogP contribution in [0.5, 0.6) is 5.88 Å². The van der Waals surface area contributed by atoms with Crippen LogP contribution in [0.1, 0.15) is 16.8 Å². The van der Waals surface area contributed by atoms with Crippen LogP contribution >= 0.6 is 0 Å². The lowest BCUT2D eigenvalue weighted by molar-refractivity contribution is 0.0253. The fraction of sp³-hybridized carbons (Fsp3) is 0.412. The highest BCUT2D eigenvalue weighted by Gasteiger charge is 2.27. The predicted molar refractivity (Wildman–Crippen MR) is 91.2 cm³/mol. The number of pyridine rings is 1. The van der Waals surface area contributed by atoms with E-state index < -0.39 is 11.9 Å². The normalized spacial score (nSPS) is 19.3. The van der Waals surface area contributed by atoms with Gasteiger partial charge in [0.2, 0.25) is 11.8 Å². The molecule has 0 bridgehead atoms. The molecule has 27 heavy (non-hydrogen) atoms. The van der Waals surface area contributed by atoms with E-state index in [2.05, 4.69) is 21.5 Å². The molecule has 0 radical (unpaired) electrons. The molecule has 1 aliphatic rings. The molecule has 0 saturated carbocycles. The summed E-state index contributed by atoms with van der Waals surface area (Å²) in [6.07, 6.45) is 2.01. The number of carboxylic acids is 1. The fourth-order valence-corrected chi connectivity index (χ4v) is 2.94. The second kappa shape index (κ2) is 8.01. The number of halogens is 1. The molecule has 9 nitrogen and oxygen atoms in total. The Hall–Kier alpha value is -3.19. The van der Waals surface area contributed by atoms with E-state index >= 15 is 0 Å².